The highest BCUT2D eigenvalue weighted by Gasteiger charge is 2.28. The number of aliphatic hydroxyl groups is 1. The first-order valence-electron chi connectivity index (χ1n) is 5.02. The maximum absolute atomic E-state index is 11.0. The Balaban J connectivity index is 2.19. The van der Waals surface area contributed by atoms with E-state index in [4.69, 9.17) is 21.3 Å². The third-order valence-corrected chi connectivity index (χ3v) is 2.66. The van der Waals surface area contributed by atoms with Crippen LogP contribution in [0, 0.1) is 0 Å². The average molecular weight is 226 g/mol. The molecule has 0 radical (unpaired) electrons. The Morgan fingerprint density at radius 2 is 2.44 bits per heavy atom. The number of hydrogen-bond donors (Lipinski definition) is 3. The zero-order chi connectivity index (χ0) is 11.7. The van der Waals surface area contributed by atoms with Crippen LogP contribution in [0.25, 0.3) is 0 Å². The molecule has 0 aromatic carbocycles. The Morgan fingerprint density at radius 1 is 1.69 bits per heavy atom. The van der Waals surface area contributed by atoms with E-state index in [1.54, 1.807) is 4.57 Å². The standard InChI is InChI=1S/C9H14N4O3/c10-8-7(9(11)15)12-4-13(8)6-2-1-5(3-14)16-6/h4-6,14H,1-3,10H2,(H2,11,15)/t5-,6+/m0/s1. The van der Waals surface area contributed by atoms with Gasteiger partial charge in [0.05, 0.1) is 19.0 Å². The number of hydrogen-bond acceptors (Lipinski definition) is 5. The van der Waals surface area contributed by atoms with E-state index in [9.17, 15) is 4.79 Å². The molecule has 88 valence electrons. The first-order chi connectivity index (χ1) is 7.63. The molecule has 2 rings (SSSR count). The van der Waals surface area contributed by atoms with Gasteiger partial charge < -0.3 is 21.3 Å². The second-order valence-corrected chi connectivity index (χ2v) is 3.72. The van der Waals surface area contributed by atoms with Crippen molar-refractivity contribution in [1.29, 1.82) is 0 Å². The van der Waals surface area contributed by atoms with Crippen molar-refractivity contribution in [1.82, 2.24) is 9.55 Å². The molecule has 2 atom stereocenters. The first kappa shape index (κ1) is 10.9. The third-order valence-electron chi connectivity index (χ3n) is 2.66. The molecule has 1 fully saturated rings. The lowest BCUT2D eigenvalue weighted by atomic mass is 10.2. The van der Waals surface area contributed by atoms with E-state index in [1.807, 2.05) is 0 Å². The molecule has 16 heavy (non-hydrogen) atoms. The molecule has 1 aliphatic heterocycles. The van der Waals surface area contributed by atoms with Gasteiger partial charge >= 0.3 is 0 Å². The van der Waals surface area contributed by atoms with Crippen LogP contribution < -0.4 is 11.5 Å². The van der Waals surface area contributed by atoms with Crippen LogP contribution in [0.1, 0.15) is 29.6 Å². The highest BCUT2D eigenvalue weighted by atomic mass is 16.5. The molecule has 1 amide bonds. The van der Waals surface area contributed by atoms with Crippen molar-refractivity contribution in [2.45, 2.75) is 25.2 Å². The average Bonchev–Trinajstić information content (AvgIpc) is 2.83. The summed E-state index contributed by atoms with van der Waals surface area (Å²) >= 11 is 0. The molecule has 0 unspecified atom stereocenters. The number of nitrogen functional groups attached to an aromatic ring is 1. The van der Waals surface area contributed by atoms with E-state index in [2.05, 4.69) is 4.98 Å². The molecular weight excluding hydrogens is 212 g/mol. The van der Waals surface area contributed by atoms with Crippen molar-refractivity contribution in [2.75, 3.05) is 12.3 Å². The molecule has 5 N–H and O–H groups in total. The van der Waals surface area contributed by atoms with E-state index >= 15 is 0 Å². The number of carbonyl (C=O) groups excluding carboxylic acids is 1. The van der Waals surface area contributed by atoms with Gasteiger partial charge in [0.15, 0.2) is 5.69 Å². The monoisotopic (exact) mass is 226 g/mol. The lowest BCUT2D eigenvalue weighted by Gasteiger charge is -2.14. The number of primary amides is 1. The Labute approximate surface area is 92.0 Å². The van der Waals surface area contributed by atoms with E-state index in [-0.39, 0.29) is 30.5 Å². The van der Waals surface area contributed by atoms with Crippen molar-refractivity contribution in [3.63, 3.8) is 0 Å². The molecular formula is C9H14N4O3. The van der Waals surface area contributed by atoms with Gasteiger partial charge in [0.2, 0.25) is 0 Å². The number of rotatable bonds is 3. The van der Waals surface area contributed by atoms with Crippen molar-refractivity contribution in [3.05, 3.63) is 12.0 Å². The van der Waals surface area contributed by atoms with E-state index < -0.39 is 5.91 Å². The fourth-order valence-corrected chi connectivity index (χ4v) is 1.82. The smallest absolute Gasteiger partial charge is 0.271 e. The molecule has 7 heteroatoms. The van der Waals surface area contributed by atoms with E-state index in [1.165, 1.54) is 6.33 Å². The van der Waals surface area contributed by atoms with Crippen LogP contribution in [0.2, 0.25) is 0 Å². The molecule has 1 saturated heterocycles. The number of nitrogens with zero attached hydrogens (tertiary/aromatic N) is 2. The number of aromatic nitrogens is 2. The number of carbonyl (C=O) groups is 1. The fourth-order valence-electron chi connectivity index (χ4n) is 1.82. The highest BCUT2D eigenvalue weighted by Crippen LogP contribution is 2.30. The SMILES string of the molecule is NC(=O)c1ncn([C@H]2CC[C@@H](CO)O2)c1N. The molecule has 1 aliphatic rings. The largest absolute Gasteiger partial charge is 0.394 e. The molecule has 1 aromatic rings. The topological polar surface area (TPSA) is 116 Å². The Morgan fingerprint density at radius 3 is 2.94 bits per heavy atom. The zero-order valence-corrected chi connectivity index (χ0v) is 8.67. The van der Waals surface area contributed by atoms with E-state index in [0.29, 0.717) is 0 Å². The minimum atomic E-state index is -0.659. The minimum Gasteiger partial charge on any atom is -0.394 e. The summed E-state index contributed by atoms with van der Waals surface area (Å²) in [5.74, 6) is -0.455. The normalized spacial score (nSPS) is 24.8. The summed E-state index contributed by atoms with van der Waals surface area (Å²) in [6.45, 7) is -0.0201. The lowest BCUT2D eigenvalue weighted by Crippen LogP contribution is -2.17. The van der Waals surface area contributed by atoms with Crippen LogP contribution in [-0.2, 0) is 4.74 Å². The van der Waals surface area contributed by atoms with Crippen molar-refractivity contribution in [3.8, 4) is 0 Å². The quantitative estimate of drug-likeness (QED) is 0.626. The number of ether oxygens (including phenoxy) is 1. The van der Waals surface area contributed by atoms with E-state index in [0.717, 1.165) is 12.8 Å². The van der Waals surface area contributed by atoms with Crippen molar-refractivity contribution >= 4 is 11.7 Å². The maximum atomic E-state index is 11.0. The summed E-state index contributed by atoms with van der Waals surface area (Å²) in [4.78, 5) is 14.8. The minimum absolute atomic E-state index is 0.0201. The Bertz CT molecular complexity index is 403. The number of imidazole rings is 1. The second kappa shape index (κ2) is 4.11. The number of amides is 1. The summed E-state index contributed by atoms with van der Waals surface area (Å²) in [5.41, 5.74) is 10.9. The fraction of sp³-hybridized carbons (Fsp3) is 0.556. The van der Waals surface area contributed by atoms with Gasteiger partial charge in [-0.15, -0.1) is 0 Å². The summed E-state index contributed by atoms with van der Waals surface area (Å²) in [6.07, 6.45) is 2.45. The molecule has 2 heterocycles. The zero-order valence-electron chi connectivity index (χ0n) is 8.67. The van der Waals surface area contributed by atoms with Gasteiger partial charge in [-0.05, 0) is 12.8 Å². The van der Waals surface area contributed by atoms with Crippen LogP contribution in [-0.4, -0.2) is 33.3 Å². The van der Waals surface area contributed by atoms with Crippen LogP contribution in [0.5, 0.6) is 0 Å². The molecule has 0 bridgehead atoms. The molecule has 7 nitrogen and oxygen atoms in total. The van der Waals surface area contributed by atoms with Gasteiger partial charge in [-0.3, -0.25) is 9.36 Å². The van der Waals surface area contributed by atoms with Gasteiger partial charge in [-0.25, -0.2) is 4.98 Å². The predicted molar refractivity (Wildman–Crippen MR) is 55.4 cm³/mol. The van der Waals surface area contributed by atoms with Crippen molar-refractivity contribution in [2.24, 2.45) is 5.73 Å². The van der Waals surface area contributed by atoms with Gasteiger partial charge in [0.25, 0.3) is 5.91 Å². The number of nitrogens with two attached hydrogens (primary N) is 2. The number of aliphatic hydroxyl groups excluding tert-OH is 1. The summed E-state index contributed by atoms with van der Waals surface area (Å²) in [7, 11) is 0. The second-order valence-electron chi connectivity index (χ2n) is 3.72. The Hall–Kier alpha value is -1.60. The Kier molecular flexibility index (Phi) is 2.80. The summed E-state index contributed by atoms with van der Waals surface area (Å²) in [6, 6.07) is 0. The van der Waals surface area contributed by atoms with Crippen molar-refractivity contribution < 1.29 is 14.6 Å². The maximum Gasteiger partial charge on any atom is 0.271 e. The van der Waals surface area contributed by atoms with Crippen LogP contribution in [0.3, 0.4) is 0 Å². The molecule has 0 saturated carbocycles. The van der Waals surface area contributed by atoms with Crippen LogP contribution in [0.15, 0.2) is 6.33 Å². The molecule has 1 aromatic heterocycles. The number of anilines is 1. The summed E-state index contributed by atoms with van der Waals surface area (Å²) in [5, 5.41) is 8.94. The first-order valence-corrected chi connectivity index (χ1v) is 5.02. The molecule has 0 spiro atoms. The third kappa shape index (κ3) is 1.74. The van der Waals surface area contributed by atoms with Gasteiger partial charge in [-0.1, -0.05) is 0 Å². The van der Waals surface area contributed by atoms with Gasteiger partial charge in [0.1, 0.15) is 12.0 Å². The van der Waals surface area contributed by atoms with Crippen LogP contribution in [0.4, 0.5) is 5.82 Å². The lowest BCUT2D eigenvalue weighted by molar-refractivity contribution is -0.0214. The van der Waals surface area contributed by atoms with Gasteiger partial charge in [0, 0.05) is 0 Å². The molecule has 0 aliphatic carbocycles. The highest BCUT2D eigenvalue weighted by molar-refractivity contribution is 5.95. The summed E-state index contributed by atoms with van der Waals surface area (Å²) < 4.78 is 7.08. The predicted octanol–water partition coefficient (Wildman–Crippen LogP) is -0.766. The van der Waals surface area contributed by atoms with Gasteiger partial charge in [-0.2, -0.15) is 0 Å². The van der Waals surface area contributed by atoms with Crippen LogP contribution >= 0.6 is 0 Å².